The maximum Gasteiger partial charge on any atom is 0.191 e. The quantitative estimate of drug-likeness (QED) is 0.544. The number of benzene rings is 1. The number of rotatable bonds is 8. The van der Waals surface area contributed by atoms with E-state index in [4.69, 9.17) is 0 Å². The smallest absolute Gasteiger partial charge is 0.191 e. The fourth-order valence-electron chi connectivity index (χ4n) is 3.89. The summed E-state index contributed by atoms with van der Waals surface area (Å²) >= 11 is 0. The van der Waals surface area contributed by atoms with Gasteiger partial charge in [-0.05, 0) is 49.9 Å². The lowest BCUT2D eigenvalue weighted by molar-refractivity contribution is 0.147. The van der Waals surface area contributed by atoms with Gasteiger partial charge in [-0.3, -0.25) is 9.89 Å². The Kier molecular flexibility index (Phi) is 7.91. The topological polar surface area (TPSA) is 57.5 Å². The van der Waals surface area contributed by atoms with E-state index in [2.05, 4.69) is 50.9 Å². The van der Waals surface area contributed by atoms with Crippen molar-refractivity contribution < 1.29 is 0 Å². The zero-order valence-corrected chi connectivity index (χ0v) is 17.3. The predicted octanol–water partition coefficient (Wildman–Crippen LogP) is 2.84. The molecule has 1 aromatic carbocycles. The molecule has 2 N–H and O–H groups in total. The molecule has 28 heavy (non-hydrogen) atoms. The minimum atomic E-state index is 0.756. The molecule has 1 unspecified atom stereocenters. The van der Waals surface area contributed by atoms with Gasteiger partial charge in [-0.1, -0.05) is 31.5 Å². The molecular formula is C22H34N6. The van der Waals surface area contributed by atoms with Crippen LogP contribution in [0.3, 0.4) is 0 Å². The first-order valence-electron chi connectivity index (χ1n) is 10.6. The summed E-state index contributed by atoms with van der Waals surface area (Å²) in [5.74, 6) is 0.875. The molecule has 3 rings (SSSR count). The summed E-state index contributed by atoms with van der Waals surface area (Å²) in [6, 6.07) is 11.0. The van der Waals surface area contributed by atoms with Crippen molar-refractivity contribution in [3.05, 3.63) is 48.3 Å². The molecule has 0 radical (unpaired) electrons. The number of para-hydroxylation sites is 1. The van der Waals surface area contributed by atoms with E-state index in [0.717, 1.165) is 43.7 Å². The average molecular weight is 383 g/mol. The van der Waals surface area contributed by atoms with Crippen LogP contribution in [0.5, 0.6) is 0 Å². The van der Waals surface area contributed by atoms with Gasteiger partial charge in [0, 0.05) is 38.9 Å². The lowest BCUT2D eigenvalue weighted by atomic mass is 10.0. The van der Waals surface area contributed by atoms with Crippen molar-refractivity contribution >= 4 is 5.96 Å². The third-order valence-electron chi connectivity index (χ3n) is 5.50. The van der Waals surface area contributed by atoms with Gasteiger partial charge in [0.2, 0.25) is 0 Å². The van der Waals surface area contributed by atoms with Gasteiger partial charge in [0.15, 0.2) is 5.96 Å². The van der Waals surface area contributed by atoms with Crippen LogP contribution in [0, 0.1) is 0 Å². The Bertz CT molecular complexity index is 724. The average Bonchev–Trinajstić information content (AvgIpc) is 3.22. The van der Waals surface area contributed by atoms with Crippen molar-refractivity contribution in [3.8, 4) is 5.69 Å². The molecule has 1 aliphatic rings. The van der Waals surface area contributed by atoms with Crippen LogP contribution >= 0.6 is 0 Å². The fraction of sp³-hybridized carbons (Fsp3) is 0.545. The van der Waals surface area contributed by atoms with E-state index >= 15 is 0 Å². The van der Waals surface area contributed by atoms with Gasteiger partial charge in [0.1, 0.15) is 0 Å². The molecular weight excluding hydrogens is 348 g/mol. The number of aliphatic imine (C=N–C) groups is 1. The van der Waals surface area contributed by atoms with E-state index in [0.29, 0.717) is 0 Å². The normalized spacial score (nSPS) is 18.2. The Morgan fingerprint density at radius 3 is 2.79 bits per heavy atom. The monoisotopic (exact) mass is 382 g/mol. The zero-order valence-electron chi connectivity index (χ0n) is 17.3. The lowest BCUT2D eigenvalue weighted by Gasteiger charge is -2.35. The van der Waals surface area contributed by atoms with Crippen LogP contribution in [0.4, 0.5) is 0 Å². The number of hydrogen-bond acceptors (Lipinski definition) is 3. The Labute approximate surface area is 169 Å². The summed E-state index contributed by atoms with van der Waals surface area (Å²) in [5.41, 5.74) is 2.30. The van der Waals surface area contributed by atoms with Crippen LogP contribution in [0.25, 0.3) is 5.69 Å². The number of hydrogen-bond donors (Lipinski definition) is 2. The standard InChI is InChI=1S/C22H34N6/c1-3-20-9-7-8-15-27(20)16-14-25-22(23-2)24-13-12-19-17-26-28(18-19)21-10-5-4-6-11-21/h4-6,10-11,17-18,20H,3,7-9,12-16H2,1-2H3,(H2,23,24,25). The van der Waals surface area contributed by atoms with Gasteiger partial charge in [-0.25, -0.2) is 4.68 Å². The number of piperidine rings is 1. The molecule has 2 heterocycles. The number of nitrogens with zero attached hydrogens (tertiary/aromatic N) is 4. The minimum absolute atomic E-state index is 0.756. The summed E-state index contributed by atoms with van der Waals surface area (Å²) in [5, 5.41) is 11.3. The van der Waals surface area contributed by atoms with E-state index in [1.165, 1.54) is 37.8 Å². The van der Waals surface area contributed by atoms with Crippen LogP contribution in [0.2, 0.25) is 0 Å². The molecule has 6 nitrogen and oxygen atoms in total. The van der Waals surface area contributed by atoms with Gasteiger partial charge in [0.05, 0.1) is 11.9 Å². The van der Waals surface area contributed by atoms with E-state index in [9.17, 15) is 0 Å². The highest BCUT2D eigenvalue weighted by Gasteiger charge is 2.19. The van der Waals surface area contributed by atoms with E-state index < -0.39 is 0 Å². The molecule has 0 bridgehead atoms. The maximum atomic E-state index is 4.46. The van der Waals surface area contributed by atoms with Crippen LogP contribution < -0.4 is 10.6 Å². The third kappa shape index (κ3) is 5.83. The lowest BCUT2D eigenvalue weighted by Crippen LogP contribution is -2.46. The number of likely N-dealkylation sites (tertiary alicyclic amines) is 1. The Morgan fingerprint density at radius 1 is 1.18 bits per heavy atom. The van der Waals surface area contributed by atoms with Crippen molar-refractivity contribution in [2.45, 2.75) is 45.1 Å². The number of aromatic nitrogens is 2. The number of nitrogens with one attached hydrogen (secondary N) is 2. The first-order chi connectivity index (χ1) is 13.8. The molecule has 1 aromatic heterocycles. The Hall–Kier alpha value is -2.34. The molecule has 0 spiro atoms. The molecule has 1 aliphatic heterocycles. The Morgan fingerprint density at radius 2 is 2.00 bits per heavy atom. The molecule has 6 heteroatoms. The molecule has 1 atom stereocenters. The van der Waals surface area contributed by atoms with E-state index in [1.54, 1.807) is 0 Å². The number of guanidine groups is 1. The molecule has 2 aromatic rings. The molecule has 0 aliphatic carbocycles. The highest BCUT2D eigenvalue weighted by molar-refractivity contribution is 5.79. The second kappa shape index (κ2) is 10.9. The van der Waals surface area contributed by atoms with Crippen molar-refractivity contribution in [2.75, 3.05) is 33.2 Å². The predicted molar refractivity (Wildman–Crippen MR) is 116 cm³/mol. The molecule has 1 fully saturated rings. The van der Waals surface area contributed by atoms with E-state index in [-0.39, 0.29) is 0 Å². The van der Waals surface area contributed by atoms with Gasteiger partial charge in [-0.2, -0.15) is 5.10 Å². The first-order valence-corrected chi connectivity index (χ1v) is 10.6. The SMILES string of the molecule is CCC1CCCCN1CCNC(=NC)NCCc1cnn(-c2ccccc2)c1. The van der Waals surface area contributed by atoms with Crippen LogP contribution in [0.1, 0.15) is 38.2 Å². The molecule has 1 saturated heterocycles. The van der Waals surface area contributed by atoms with Crippen LogP contribution in [-0.2, 0) is 6.42 Å². The summed E-state index contributed by atoms with van der Waals surface area (Å²) in [4.78, 5) is 6.98. The van der Waals surface area contributed by atoms with Crippen molar-refractivity contribution in [2.24, 2.45) is 4.99 Å². The van der Waals surface area contributed by atoms with Crippen molar-refractivity contribution in [1.82, 2.24) is 25.3 Å². The highest BCUT2D eigenvalue weighted by Crippen LogP contribution is 2.18. The van der Waals surface area contributed by atoms with E-state index in [1.807, 2.05) is 36.1 Å². The molecule has 0 saturated carbocycles. The van der Waals surface area contributed by atoms with Gasteiger partial charge in [-0.15, -0.1) is 0 Å². The fourth-order valence-corrected chi connectivity index (χ4v) is 3.89. The van der Waals surface area contributed by atoms with Gasteiger partial charge in [0.25, 0.3) is 0 Å². The van der Waals surface area contributed by atoms with Gasteiger partial charge >= 0.3 is 0 Å². The largest absolute Gasteiger partial charge is 0.356 e. The van der Waals surface area contributed by atoms with Crippen LogP contribution in [-0.4, -0.2) is 59.9 Å². The molecule has 0 amide bonds. The highest BCUT2D eigenvalue weighted by atomic mass is 15.3. The summed E-state index contributed by atoms with van der Waals surface area (Å²) in [7, 11) is 1.83. The Balaban J connectivity index is 1.38. The van der Waals surface area contributed by atoms with Crippen molar-refractivity contribution in [1.29, 1.82) is 0 Å². The zero-order chi connectivity index (χ0) is 19.6. The summed E-state index contributed by atoms with van der Waals surface area (Å²) in [6.07, 6.45) is 10.3. The second-order valence-electron chi connectivity index (χ2n) is 7.40. The maximum absolute atomic E-state index is 4.46. The minimum Gasteiger partial charge on any atom is -0.356 e. The van der Waals surface area contributed by atoms with Crippen molar-refractivity contribution in [3.63, 3.8) is 0 Å². The summed E-state index contributed by atoms with van der Waals surface area (Å²) in [6.45, 7) is 6.39. The summed E-state index contributed by atoms with van der Waals surface area (Å²) < 4.78 is 1.92. The third-order valence-corrected chi connectivity index (χ3v) is 5.50. The second-order valence-corrected chi connectivity index (χ2v) is 7.40. The first kappa shape index (κ1) is 20.4. The van der Waals surface area contributed by atoms with Gasteiger partial charge < -0.3 is 10.6 Å². The van der Waals surface area contributed by atoms with Crippen LogP contribution in [0.15, 0.2) is 47.7 Å². The molecule has 152 valence electrons.